The lowest BCUT2D eigenvalue weighted by Crippen LogP contribution is -2.42. The van der Waals surface area contributed by atoms with Gasteiger partial charge in [-0.15, -0.1) is 0 Å². The summed E-state index contributed by atoms with van der Waals surface area (Å²) in [5.41, 5.74) is 1.81. The molecule has 22 heavy (non-hydrogen) atoms. The van der Waals surface area contributed by atoms with Crippen molar-refractivity contribution in [3.05, 3.63) is 30.0 Å². The second-order valence-electron chi connectivity index (χ2n) is 6.81. The quantitative estimate of drug-likeness (QED) is 0.912. The van der Waals surface area contributed by atoms with Crippen LogP contribution in [0.5, 0.6) is 5.75 Å². The molecule has 0 radical (unpaired) electrons. The molecule has 5 heteroatoms. The van der Waals surface area contributed by atoms with Gasteiger partial charge in [0.15, 0.2) is 0 Å². The number of rotatable bonds is 4. The number of carbonyl (C=O) groups is 1. The Morgan fingerprint density at radius 1 is 1.32 bits per heavy atom. The molecule has 1 aromatic heterocycles. The lowest BCUT2D eigenvalue weighted by Gasteiger charge is -2.20. The number of likely N-dealkylation sites (N-methyl/N-ethyl adjacent to an activating group) is 1. The third-order valence-corrected chi connectivity index (χ3v) is 3.26. The van der Waals surface area contributed by atoms with E-state index in [4.69, 9.17) is 4.74 Å². The molecule has 1 amide bonds. The van der Waals surface area contributed by atoms with Crippen molar-refractivity contribution in [3.8, 4) is 5.75 Å². The molecule has 0 aliphatic heterocycles. The number of aromatic nitrogens is 1. The number of fused-ring (bicyclic) bond motifs is 1. The van der Waals surface area contributed by atoms with Gasteiger partial charge in [0.1, 0.15) is 5.75 Å². The fraction of sp³-hybridized carbons (Fsp3) is 0.471. The molecule has 0 spiro atoms. The fourth-order valence-corrected chi connectivity index (χ4v) is 2.28. The van der Waals surface area contributed by atoms with Crippen LogP contribution >= 0.6 is 0 Å². The van der Waals surface area contributed by atoms with Crippen LogP contribution in [0.2, 0.25) is 0 Å². The number of ether oxygens (including phenoxy) is 1. The average molecular weight is 303 g/mol. The number of nitrogens with one attached hydrogen (secondary N) is 2. The Balaban J connectivity index is 2.25. The standard InChI is InChI=1S/C17H25N3O2/c1-17(2,3)19-16(21)22-14-8-6-7-13-15(14)12(11-18-13)9-10-20(4)5/h6-8,11,18H,9-10H2,1-5H3,(H,19,21). The van der Waals surface area contributed by atoms with Crippen molar-refractivity contribution >= 4 is 17.0 Å². The highest BCUT2D eigenvalue weighted by Gasteiger charge is 2.17. The van der Waals surface area contributed by atoms with Crippen LogP contribution < -0.4 is 10.1 Å². The maximum absolute atomic E-state index is 12.0. The van der Waals surface area contributed by atoms with E-state index in [1.807, 2.05) is 59.3 Å². The van der Waals surface area contributed by atoms with Crippen molar-refractivity contribution in [2.75, 3.05) is 20.6 Å². The van der Waals surface area contributed by atoms with E-state index in [1.54, 1.807) is 0 Å². The van der Waals surface area contributed by atoms with Crippen molar-refractivity contribution in [2.45, 2.75) is 32.7 Å². The van der Waals surface area contributed by atoms with Crippen LogP contribution in [0.3, 0.4) is 0 Å². The Hall–Kier alpha value is -2.01. The molecule has 0 aliphatic carbocycles. The number of benzene rings is 1. The van der Waals surface area contributed by atoms with Gasteiger partial charge in [0.25, 0.3) is 0 Å². The highest BCUT2D eigenvalue weighted by Crippen LogP contribution is 2.29. The first-order valence-electron chi connectivity index (χ1n) is 7.50. The van der Waals surface area contributed by atoms with E-state index in [1.165, 1.54) is 0 Å². The Bertz CT molecular complexity index is 653. The van der Waals surface area contributed by atoms with Crippen LogP contribution in [0.25, 0.3) is 10.9 Å². The molecule has 0 saturated carbocycles. The molecular weight excluding hydrogens is 278 g/mol. The number of hydrogen-bond acceptors (Lipinski definition) is 3. The molecule has 2 N–H and O–H groups in total. The minimum Gasteiger partial charge on any atom is -0.410 e. The van der Waals surface area contributed by atoms with E-state index in [-0.39, 0.29) is 5.54 Å². The number of H-pyrrole nitrogens is 1. The molecular formula is C17H25N3O2. The summed E-state index contributed by atoms with van der Waals surface area (Å²) in [5, 5.41) is 3.79. The van der Waals surface area contributed by atoms with Crippen molar-refractivity contribution in [1.29, 1.82) is 0 Å². The predicted octanol–water partition coefficient (Wildman–Crippen LogP) is 3.16. The van der Waals surface area contributed by atoms with Gasteiger partial charge in [0.05, 0.1) is 0 Å². The van der Waals surface area contributed by atoms with E-state index >= 15 is 0 Å². The SMILES string of the molecule is CN(C)CCc1c[nH]c2cccc(OC(=O)NC(C)(C)C)c12. The van der Waals surface area contributed by atoms with Crippen LogP contribution in [0, 0.1) is 0 Å². The first-order valence-corrected chi connectivity index (χ1v) is 7.50. The normalized spacial score (nSPS) is 11.9. The Morgan fingerprint density at radius 2 is 2.05 bits per heavy atom. The van der Waals surface area contributed by atoms with Crippen molar-refractivity contribution < 1.29 is 9.53 Å². The van der Waals surface area contributed by atoms with Crippen LogP contribution in [-0.2, 0) is 6.42 Å². The summed E-state index contributed by atoms with van der Waals surface area (Å²) in [7, 11) is 4.09. The Kier molecular flexibility index (Phi) is 4.76. The molecule has 2 rings (SSSR count). The van der Waals surface area contributed by atoms with Crippen LogP contribution in [0.4, 0.5) is 4.79 Å². The third-order valence-electron chi connectivity index (χ3n) is 3.26. The fourth-order valence-electron chi connectivity index (χ4n) is 2.28. The zero-order valence-corrected chi connectivity index (χ0v) is 14.0. The molecule has 0 aliphatic rings. The van der Waals surface area contributed by atoms with Gasteiger partial charge < -0.3 is 19.9 Å². The number of nitrogens with zero attached hydrogens (tertiary/aromatic N) is 1. The Labute approximate surface area is 131 Å². The minimum atomic E-state index is -0.431. The van der Waals surface area contributed by atoms with Gasteiger partial charge in [-0.05, 0) is 59.0 Å². The molecule has 0 fully saturated rings. The summed E-state index contributed by atoms with van der Waals surface area (Å²) in [4.78, 5) is 17.4. The molecule has 0 unspecified atom stereocenters. The predicted molar refractivity (Wildman–Crippen MR) is 89.5 cm³/mol. The van der Waals surface area contributed by atoms with Gasteiger partial charge >= 0.3 is 6.09 Å². The maximum atomic E-state index is 12.0. The zero-order chi connectivity index (χ0) is 16.3. The second kappa shape index (κ2) is 6.40. The highest BCUT2D eigenvalue weighted by molar-refractivity contribution is 5.91. The van der Waals surface area contributed by atoms with E-state index in [0.717, 1.165) is 29.4 Å². The van der Waals surface area contributed by atoms with Crippen molar-refractivity contribution in [3.63, 3.8) is 0 Å². The summed E-state index contributed by atoms with van der Waals surface area (Å²) in [6, 6.07) is 5.70. The van der Waals surface area contributed by atoms with Gasteiger partial charge in [-0.2, -0.15) is 0 Å². The number of aromatic amines is 1. The molecule has 0 atom stereocenters. The van der Waals surface area contributed by atoms with E-state index in [0.29, 0.717) is 5.75 Å². The minimum absolute atomic E-state index is 0.323. The average Bonchev–Trinajstić information content (AvgIpc) is 2.78. The molecule has 2 aromatic rings. The van der Waals surface area contributed by atoms with Crippen LogP contribution in [-0.4, -0.2) is 42.2 Å². The monoisotopic (exact) mass is 303 g/mol. The summed E-state index contributed by atoms with van der Waals surface area (Å²) in [5.74, 6) is 0.592. The number of hydrogen-bond donors (Lipinski definition) is 2. The number of carbonyl (C=O) groups excluding carboxylic acids is 1. The van der Waals surface area contributed by atoms with Gasteiger partial charge in [0, 0.05) is 29.2 Å². The molecule has 120 valence electrons. The van der Waals surface area contributed by atoms with Gasteiger partial charge in [-0.1, -0.05) is 6.07 Å². The van der Waals surface area contributed by atoms with E-state index in [2.05, 4.69) is 15.2 Å². The summed E-state index contributed by atoms with van der Waals surface area (Å²) in [6.45, 7) is 6.71. The lowest BCUT2D eigenvalue weighted by molar-refractivity contribution is 0.191. The smallest absolute Gasteiger partial charge is 0.410 e. The lowest BCUT2D eigenvalue weighted by atomic mass is 10.1. The van der Waals surface area contributed by atoms with E-state index < -0.39 is 6.09 Å². The van der Waals surface area contributed by atoms with Gasteiger partial charge in [0.2, 0.25) is 0 Å². The summed E-state index contributed by atoms with van der Waals surface area (Å²) >= 11 is 0. The number of amides is 1. The van der Waals surface area contributed by atoms with Gasteiger partial charge in [-0.3, -0.25) is 0 Å². The van der Waals surface area contributed by atoms with Crippen LogP contribution in [0.1, 0.15) is 26.3 Å². The van der Waals surface area contributed by atoms with Crippen LogP contribution in [0.15, 0.2) is 24.4 Å². The third kappa shape index (κ3) is 4.24. The topological polar surface area (TPSA) is 57.4 Å². The van der Waals surface area contributed by atoms with Gasteiger partial charge in [-0.25, -0.2) is 4.79 Å². The molecule has 1 heterocycles. The second-order valence-corrected chi connectivity index (χ2v) is 6.81. The largest absolute Gasteiger partial charge is 0.413 e. The summed E-state index contributed by atoms with van der Waals surface area (Å²) < 4.78 is 5.53. The zero-order valence-electron chi connectivity index (χ0n) is 14.0. The van der Waals surface area contributed by atoms with Crippen molar-refractivity contribution in [2.24, 2.45) is 0 Å². The van der Waals surface area contributed by atoms with E-state index in [9.17, 15) is 4.79 Å². The highest BCUT2D eigenvalue weighted by atomic mass is 16.6. The molecule has 0 bridgehead atoms. The maximum Gasteiger partial charge on any atom is 0.413 e. The first-order chi connectivity index (χ1) is 10.3. The van der Waals surface area contributed by atoms with Crippen molar-refractivity contribution in [1.82, 2.24) is 15.2 Å². The summed E-state index contributed by atoms with van der Waals surface area (Å²) in [6.07, 6.45) is 2.46. The first kappa shape index (κ1) is 16.4. The molecule has 5 nitrogen and oxygen atoms in total. The molecule has 0 saturated heterocycles. The Morgan fingerprint density at radius 3 is 2.68 bits per heavy atom. The molecule has 1 aromatic carbocycles.